The van der Waals surface area contributed by atoms with Gasteiger partial charge in [0, 0.05) is 5.56 Å². The van der Waals surface area contributed by atoms with Crippen LogP contribution < -0.4 is 5.14 Å². The number of nitrogens with two attached hydrogens (primary N) is 1. The molecule has 0 amide bonds. The van der Waals surface area contributed by atoms with E-state index in [0.29, 0.717) is 11.6 Å². The van der Waals surface area contributed by atoms with E-state index in [1.54, 1.807) is 18.2 Å². The lowest BCUT2D eigenvalue weighted by Gasteiger charge is -2.15. The number of hydrogen-bond donors (Lipinski definition) is 1. The fourth-order valence-electron chi connectivity index (χ4n) is 1.91. The fourth-order valence-corrected chi connectivity index (χ4v) is 2.89. The molecule has 0 aliphatic rings. The van der Waals surface area contributed by atoms with E-state index in [0.717, 1.165) is 6.07 Å². The molecular formula is C13H10F3NO2S. The van der Waals surface area contributed by atoms with Crippen molar-refractivity contribution in [3.63, 3.8) is 0 Å². The van der Waals surface area contributed by atoms with E-state index in [1.165, 1.54) is 18.2 Å². The second kappa shape index (κ2) is 4.92. The van der Waals surface area contributed by atoms with Gasteiger partial charge in [-0.05, 0) is 11.6 Å². The van der Waals surface area contributed by atoms with Gasteiger partial charge in [-0.1, -0.05) is 42.5 Å². The van der Waals surface area contributed by atoms with Crippen molar-refractivity contribution < 1.29 is 21.6 Å². The number of halogens is 3. The smallest absolute Gasteiger partial charge is 0.225 e. The van der Waals surface area contributed by atoms with Gasteiger partial charge in [0.15, 0.2) is 0 Å². The summed E-state index contributed by atoms with van der Waals surface area (Å²) in [6, 6.07) is 11.1. The normalized spacial score (nSPS) is 12.4. The second-order valence-electron chi connectivity index (χ2n) is 4.09. The molecule has 7 heteroatoms. The largest absolute Gasteiger partial charge is 0.417 e. The van der Waals surface area contributed by atoms with Gasteiger partial charge in [0.05, 0.1) is 5.56 Å². The maximum atomic E-state index is 13.0. The molecule has 0 saturated carbocycles. The third-order valence-electron chi connectivity index (χ3n) is 2.69. The molecule has 0 radical (unpaired) electrons. The van der Waals surface area contributed by atoms with Crippen LogP contribution in [0.15, 0.2) is 53.4 Å². The van der Waals surface area contributed by atoms with Crippen LogP contribution in [0.1, 0.15) is 5.56 Å². The van der Waals surface area contributed by atoms with Gasteiger partial charge in [0.2, 0.25) is 10.0 Å². The van der Waals surface area contributed by atoms with E-state index in [1.807, 2.05) is 0 Å². The highest BCUT2D eigenvalue weighted by molar-refractivity contribution is 7.89. The second-order valence-corrected chi connectivity index (χ2v) is 5.59. The van der Waals surface area contributed by atoms with Crippen molar-refractivity contribution in [1.82, 2.24) is 0 Å². The summed E-state index contributed by atoms with van der Waals surface area (Å²) in [5, 5.41) is 4.96. The van der Waals surface area contributed by atoms with Crippen LogP contribution in [0, 0.1) is 0 Å². The van der Waals surface area contributed by atoms with Crippen molar-refractivity contribution in [2.24, 2.45) is 5.14 Å². The van der Waals surface area contributed by atoms with Crippen LogP contribution in [0.3, 0.4) is 0 Å². The Labute approximate surface area is 113 Å². The summed E-state index contributed by atoms with van der Waals surface area (Å²) < 4.78 is 62.0. The lowest BCUT2D eigenvalue weighted by molar-refractivity contribution is -0.139. The van der Waals surface area contributed by atoms with Crippen LogP contribution in [0.5, 0.6) is 0 Å². The van der Waals surface area contributed by atoms with E-state index < -0.39 is 26.7 Å². The van der Waals surface area contributed by atoms with E-state index in [2.05, 4.69) is 0 Å². The number of rotatable bonds is 2. The molecule has 0 spiro atoms. The Bertz CT molecular complexity index is 725. The molecule has 0 fully saturated rings. The summed E-state index contributed by atoms with van der Waals surface area (Å²) in [5.41, 5.74) is -0.980. The summed E-state index contributed by atoms with van der Waals surface area (Å²) in [6.07, 6.45) is -4.80. The number of alkyl halides is 3. The van der Waals surface area contributed by atoms with Gasteiger partial charge in [-0.3, -0.25) is 0 Å². The Hall–Kier alpha value is -1.86. The molecule has 2 aromatic carbocycles. The molecule has 20 heavy (non-hydrogen) atoms. The van der Waals surface area contributed by atoms with Crippen LogP contribution in [-0.4, -0.2) is 8.42 Å². The zero-order valence-corrected chi connectivity index (χ0v) is 10.9. The quantitative estimate of drug-likeness (QED) is 0.927. The first-order valence-electron chi connectivity index (χ1n) is 5.49. The fraction of sp³-hybridized carbons (Fsp3) is 0.0769. The van der Waals surface area contributed by atoms with Crippen LogP contribution in [0.25, 0.3) is 11.1 Å². The highest BCUT2D eigenvalue weighted by atomic mass is 32.2. The number of sulfonamides is 1. The van der Waals surface area contributed by atoms with Gasteiger partial charge in [0.1, 0.15) is 4.90 Å². The average Bonchev–Trinajstić information content (AvgIpc) is 2.37. The molecule has 0 saturated heterocycles. The predicted octanol–water partition coefficient (Wildman–Crippen LogP) is 3.02. The van der Waals surface area contributed by atoms with Crippen LogP contribution >= 0.6 is 0 Å². The first-order valence-corrected chi connectivity index (χ1v) is 7.04. The molecule has 106 valence electrons. The third kappa shape index (κ3) is 2.83. The summed E-state index contributed by atoms with van der Waals surface area (Å²) in [6.45, 7) is 0. The lowest BCUT2D eigenvalue weighted by Crippen LogP contribution is -2.20. The van der Waals surface area contributed by atoms with Crippen LogP contribution in [-0.2, 0) is 16.2 Å². The van der Waals surface area contributed by atoms with E-state index in [9.17, 15) is 21.6 Å². The molecule has 2 rings (SSSR count). The topological polar surface area (TPSA) is 60.2 Å². The predicted molar refractivity (Wildman–Crippen MR) is 68.3 cm³/mol. The Kier molecular flexibility index (Phi) is 3.58. The molecule has 2 N–H and O–H groups in total. The van der Waals surface area contributed by atoms with Crippen molar-refractivity contribution >= 4 is 10.0 Å². The Balaban J connectivity index is 2.84. The van der Waals surface area contributed by atoms with Gasteiger partial charge >= 0.3 is 6.18 Å². The van der Waals surface area contributed by atoms with Crippen molar-refractivity contribution in [3.05, 3.63) is 54.1 Å². The van der Waals surface area contributed by atoms with E-state index >= 15 is 0 Å². The van der Waals surface area contributed by atoms with Crippen molar-refractivity contribution in [2.45, 2.75) is 11.1 Å². The third-order valence-corrected chi connectivity index (χ3v) is 3.70. The molecule has 0 bridgehead atoms. The number of hydrogen-bond acceptors (Lipinski definition) is 2. The number of primary sulfonamides is 1. The van der Waals surface area contributed by atoms with Crippen LogP contribution in [0.2, 0.25) is 0 Å². The average molecular weight is 301 g/mol. The minimum atomic E-state index is -4.80. The van der Waals surface area contributed by atoms with Crippen molar-refractivity contribution in [1.29, 1.82) is 0 Å². The van der Waals surface area contributed by atoms with Gasteiger partial charge in [-0.15, -0.1) is 0 Å². The monoisotopic (exact) mass is 301 g/mol. The van der Waals surface area contributed by atoms with Crippen molar-refractivity contribution in [3.8, 4) is 11.1 Å². The van der Waals surface area contributed by atoms with Crippen molar-refractivity contribution in [2.75, 3.05) is 0 Å². The van der Waals surface area contributed by atoms with Gasteiger partial charge in [-0.2, -0.15) is 13.2 Å². The molecule has 3 nitrogen and oxygen atoms in total. The van der Waals surface area contributed by atoms with E-state index in [-0.39, 0.29) is 5.56 Å². The highest BCUT2D eigenvalue weighted by Gasteiger charge is 2.37. The summed E-state index contributed by atoms with van der Waals surface area (Å²) in [7, 11) is -4.52. The molecule has 0 aromatic heterocycles. The number of benzene rings is 2. The van der Waals surface area contributed by atoms with E-state index in [4.69, 9.17) is 5.14 Å². The Morgan fingerprint density at radius 2 is 1.50 bits per heavy atom. The standard InChI is InChI=1S/C13H10F3NO2S/c14-13(15,16)11-8-4-7-10(12(11)20(17,18)19)9-5-2-1-3-6-9/h1-8H,(H2,17,18,19). The summed E-state index contributed by atoms with van der Waals surface area (Å²) in [4.78, 5) is -0.904. The highest BCUT2D eigenvalue weighted by Crippen LogP contribution is 2.38. The SMILES string of the molecule is NS(=O)(=O)c1c(-c2ccccc2)cccc1C(F)(F)F. The zero-order chi connectivity index (χ0) is 15.0. The molecule has 0 aliphatic carbocycles. The molecular weight excluding hydrogens is 291 g/mol. The minimum absolute atomic E-state index is 0.0667. The molecule has 0 aliphatic heterocycles. The van der Waals surface area contributed by atoms with Gasteiger partial charge in [0.25, 0.3) is 0 Å². The van der Waals surface area contributed by atoms with Gasteiger partial charge in [-0.25, -0.2) is 13.6 Å². The first-order chi connectivity index (χ1) is 9.21. The maximum Gasteiger partial charge on any atom is 0.417 e. The van der Waals surface area contributed by atoms with Gasteiger partial charge < -0.3 is 0 Å². The Morgan fingerprint density at radius 3 is 2.00 bits per heavy atom. The minimum Gasteiger partial charge on any atom is -0.225 e. The van der Waals surface area contributed by atoms with Crippen LogP contribution in [0.4, 0.5) is 13.2 Å². The lowest BCUT2D eigenvalue weighted by atomic mass is 10.0. The Morgan fingerprint density at radius 1 is 0.900 bits per heavy atom. The molecule has 0 atom stereocenters. The summed E-state index contributed by atoms with van der Waals surface area (Å²) >= 11 is 0. The molecule has 0 unspecified atom stereocenters. The first kappa shape index (κ1) is 14.5. The molecule has 0 heterocycles. The maximum absolute atomic E-state index is 13.0. The summed E-state index contributed by atoms with van der Waals surface area (Å²) in [5.74, 6) is 0. The zero-order valence-electron chi connectivity index (χ0n) is 10.1. The molecule has 2 aromatic rings.